The first-order valence-electron chi connectivity index (χ1n) is 7.08. The Kier molecular flexibility index (Phi) is 3.12. The average Bonchev–Trinajstić information content (AvgIpc) is 2.98. The summed E-state index contributed by atoms with van der Waals surface area (Å²) in [5.74, 6) is 0. The normalized spacial score (nSPS) is 11.3. The molecule has 0 N–H and O–H groups in total. The molecule has 3 heterocycles. The van der Waals surface area contributed by atoms with Crippen LogP contribution in [-0.4, -0.2) is 9.55 Å². The molecule has 4 aromatic rings. The Morgan fingerprint density at radius 2 is 2.04 bits per heavy atom. The second-order valence-corrected chi connectivity index (χ2v) is 6.30. The maximum Gasteiger partial charge on any atom is 0.336 e. The summed E-state index contributed by atoms with van der Waals surface area (Å²) < 4.78 is 6.77. The average molecular weight is 324 g/mol. The van der Waals surface area contributed by atoms with Gasteiger partial charge in [0.1, 0.15) is 10.4 Å². The second-order valence-electron chi connectivity index (χ2n) is 5.41. The molecule has 0 aliphatic carbocycles. The fourth-order valence-electron chi connectivity index (χ4n) is 2.66. The number of hydrogen-bond acceptors (Lipinski definition) is 5. The minimum atomic E-state index is -0.421. The largest absolute Gasteiger partial charge is 0.423 e. The first-order chi connectivity index (χ1) is 11.1. The highest BCUT2D eigenvalue weighted by molar-refractivity contribution is 7.16. The van der Waals surface area contributed by atoms with Crippen molar-refractivity contribution in [2.45, 2.75) is 13.5 Å². The lowest BCUT2D eigenvalue weighted by atomic mass is 10.1. The molecule has 0 unspecified atom stereocenters. The van der Waals surface area contributed by atoms with Gasteiger partial charge in [-0.15, -0.1) is 11.3 Å². The zero-order valence-corrected chi connectivity index (χ0v) is 13.1. The molecule has 0 spiro atoms. The number of aryl methyl sites for hydroxylation is 1. The van der Waals surface area contributed by atoms with Crippen LogP contribution in [0.1, 0.15) is 11.1 Å². The van der Waals surface area contributed by atoms with Crippen LogP contribution in [0.15, 0.2) is 56.0 Å². The Labute approximate surface area is 134 Å². The van der Waals surface area contributed by atoms with Gasteiger partial charge in [-0.05, 0) is 35.6 Å². The molecular weight excluding hydrogens is 312 g/mol. The van der Waals surface area contributed by atoms with Gasteiger partial charge < -0.3 is 4.42 Å². The Morgan fingerprint density at radius 3 is 2.91 bits per heavy atom. The number of thiophene rings is 1. The topological polar surface area (TPSA) is 65.1 Å². The number of aromatic nitrogens is 2. The molecule has 23 heavy (non-hydrogen) atoms. The molecule has 0 radical (unpaired) electrons. The van der Waals surface area contributed by atoms with Gasteiger partial charge in [0.15, 0.2) is 0 Å². The van der Waals surface area contributed by atoms with Crippen LogP contribution in [0, 0.1) is 6.92 Å². The van der Waals surface area contributed by atoms with Crippen LogP contribution in [-0.2, 0) is 6.54 Å². The Bertz CT molecular complexity index is 1150. The van der Waals surface area contributed by atoms with Crippen LogP contribution in [0.4, 0.5) is 0 Å². The van der Waals surface area contributed by atoms with Gasteiger partial charge in [0.2, 0.25) is 0 Å². The predicted octanol–water partition coefficient (Wildman–Crippen LogP) is 2.92. The predicted molar refractivity (Wildman–Crippen MR) is 90.2 cm³/mol. The van der Waals surface area contributed by atoms with E-state index in [1.54, 1.807) is 6.07 Å². The van der Waals surface area contributed by atoms with Gasteiger partial charge in [-0.2, -0.15) is 0 Å². The van der Waals surface area contributed by atoms with Gasteiger partial charge >= 0.3 is 5.63 Å². The van der Waals surface area contributed by atoms with E-state index in [1.807, 2.05) is 30.5 Å². The maximum atomic E-state index is 12.5. The molecule has 5 nitrogen and oxygen atoms in total. The lowest BCUT2D eigenvalue weighted by Gasteiger charge is -2.08. The third-order valence-electron chi connectivity index (χ3n) is 3.78. The Hall–Kier alpha value is -2.73. The Morgan fingerprint density at radius 1 is 1.17 bits per heavy atom. The first-order valence-corrected chi connectivity index (χ1v) is 7.96. The van der Waals surface area contributed by atoms with Gasteiger partial charge in [0.05, 0.1) is 18.3 Å². The number of nitrogens with zero attached hydrogens (tertiary/aromatic N) is 2. The van der Waals surface area contributed by atoms with Crippen molar-refractivity contribution in [3.63, 3.8) is 0 Å². The quantitative estimate of drug-likeness (QED) is 0.532. The van der Waals surface area contributed by atoms with E-state index in [-0.39, 0.29) is 12.1 Å². The van der Waals surface area contributed by atoms with E-state index >= 15 is 0 Å². The SMILES string of the molecule is Cc1ccc2c(Cn3cnc4sccc4c3=O)cc(=O)oc2c1. The van der Waals surface area contributed by atoms with Gasteiger partial charge in [-0.1, -0.05) is 12.1 Å². The fraction of sp³-hybridized carbons (Fsp3) is 0.118. The Balaban J connectivity index is 1.90. The summed E-state index contributed by atoms with van der Waals surface area (Å²) in [6.07, 6.45) is 1.52. The van der Waals surface area contributed by atoms with E-state index in [1.165, 1.54) is 28.3 Å². The molecule has 0 saturated carbocycles. The van der Waals surface area contributed by atoms with Crippen molar-refractivity contribution in [1.82, 2.24) is 9.55 Å². The highest BCUT2D eigenvalue weighted by Crippen LogP contribution is 2.19. The van der Waals surface area contributed by atoms with Crippen LogP contribution < -0.4 is 11.2 Å². The smallest absolute Gasteiger partial charge is 0.336 e. The molecule has 6 heteroatoms. The van der Waals surface area contributed by atoms with E-state index in [0.29, 0.717) is 11.0 Å². The molecular formula is C17H12N2O3S. The monoisotopic (exact) mass is 324 g/mol. The zero-order valence-electron chi connectivity index (χ0n) is 12.3. The van der Waals surface area contributed by atoms with Crippen LogP contribution in [0.5, 0.6) is 0 Å². The summed E-state index contributed by atoms with van der Waals surface area (Å²) in [4.78, 5) is 29.3. The molecule has 0 aliphatic rings. The third kappa shape index (κ3) is 2.37. The van der Waals surface area contributed by atoms with Crippen LogP contribution in [0.25, 0.3) is 21.2 Å². The first kappa shape index (κ1) is 13.9. The number of benzene rings is 1. The highest BCUT2D eigenvalue weighted by atomic mass is 32.1. The lowest BCUT2D eigenvalue weighted by molar-refractivity contribution is 0.557. The van der Waals surface area contributed by atoms with Crippen LogP contribution in [0.2, 0.25) is 0 Å². The maximum absolute atomic E-state index is 12.5. The van der Waals surface area contributed by atoms with Crippen LogP contribution in [0.3, 0.4) is 0 Å². The zero-order chi connectivity index (χ0) is 16.0. The van der Waals surface area contributed by atoms with Gasteiger partial charge in [-0.25, -0.2) is 9.78 Å². The van der Waals surface area contributed by atoms with Crippen molar-refractivity contribution in [2.75, 3.05) is 0 Å². The molecule has 0 amide bonds. The van der Waals surface area contributed by atoms with Crippen molar-refractivity contribution in [3.8, 4) is 0 Å². The van der Waals surface area contributed by atoms with Crippen LogP contribution >= 0.6 is 11.3 Å². The van der Waals surface area contributed by atoms with E-state index in [4.69, 9.17) is 4.42 Å². The van der Waals surface area contributed by atoms with Gasteiger partial charge in [-0.3, -0.25) is 9.36 Å². The summed E-state index contributed by atoms with van der Waals surface area (Å²) in [7, 11) is 0. The van der Waals surface area contributed by atoms with Gasteiger partial charge in [0.25, 0.3) is 5.56 Å². The van der Waals surface area contributed by atoms with Crippen molar-refractivity contribution in [2.24, 2.45) is 0 Å². The fourth-order valence-corrected chi connectivity index (χ4v) is 3.38. The summed E-state index contributed by atoms with van der Waals surface area (Å²) in [6, 6.07) is 8.89. The molecule has 0 bridgehead atoms. The summed E-state index contributed by atoms with van der Waals surface area (Å²) in [5, 5.41) is 3.27. The minimum absolute atomic E-state index is 0.107. The summed E-state index contributed by atoms with van der Waals surface area (Å²) >= 11 is 1.43. The number of hydrogen-bond donors (Lipinski definition) is 0. The second kappa shape index (κ2) is 5.17. The number of fused-ring (bicyclic) bond motifs is 2. The van der Waals surface area contributed by atoms with E-state index in [2.05, 4.69) is 4.98 Å². The van der Waals surface area contributed by atoms with Crippen molar-refractivity contribution < 1.29 is 4.42 Å². The van der Waals surface area contributed by atoms with E-state index in [0.717, 1.165) is 21.3 Å². The van der Waals surface area contributed by atoms with Crippen molar-refractivity contribution >= 4 is 32.5 Å². The molecule has 4 rings (SSSR count). The third-order valence-corrected chi connectivity index (χ3v) is 4.60. The molecule has 3 aromatic heterocycles. The summed E-state index contributed by atoms with van der Waals surface area (Å²) in [5.41, 5.74) is 1.76. The van der Waals surface area contributed by atoms with Crippen molar-refractivity contribution in [1.29, 1.82) is 0 Å². The molecule has 0 atom stereocenters. The van der Waals surface area contributed by atoms with Gasteiger partial charge in [0, 0.05) is 11.5 Å². The lowest BCUT2D eigenvalue weighted by Crippen LogP contribution is -2.21. The minimum Gasteiger partial charge on any atom is -0.423 e. The van der Waals surface area contributed by atoms with Crippen molar-refractivity contribution in [3.05, 3.63) is 73.9 Å². The number of rotatable bonds is 2. The standard InChI is InChI=1S/C17H12N2O3S/c1-10-2-3-12-11(7-15(20)22-14(12)6-10)8-19-9-18-16-13(17(19)21)4-5-23-16/h2-7,9H,8H2,1H3. The molecule has 114 valence electrons. The van der Waals surface area contributed by atoms with E-state index in [9.17, 15) is 9.59 Å². The molecule has 0 aliphatic heterocycles. The molecule has 1 aromatic carbocycles. The van der Waals surface area contributed by atoms with E-state index < -0.39 is 5.63 Å². The molecule has 0 saturated heterocycles. The highest BCUT2D eigenvalue weighted by Gasteiger charge is 2.10. The molecule has 0 fully saturated rings. The summed E-state index contributed by atoms with van der Waals surface area (Å²) in [6.45, 7) is 2.22.